The molecule has 12 aromatic rings. The van der Waals surface area contributed by atoms with Crippen LogP contribution < -0.4 is 9.80 Å². The van der Waals surface area contributed by atoms with Crippen molar-refractivity contribution in [2.75, 3.05) is 9.80 Å². The summed E-state index contributed by atoms with van der Waals surface area (Å²) in [5.74, 6) is 0. The minimum Gasteiger partial charge on any atom is -0.309 e. The Bertz CT molecular complexity index is 4280. The Hall–Kier alpha value is -9.90. The van der Waals surface area contributed by atoms with E-state index in [2.05, 4.69) is 299 Å². The maximum Gasteiger partial charge on any atom is 0.0641 e. The van der Waals surface area contributed by atoms with Crippen molar-refractivity contribution in [1.29, 1.82) is 0 Å². The van der Waals surface area contributed by atoms with Crippen LogP contribution in [0, 0.1) is 0 Å². The molecule has 4 nitrogen and oxygen atoms in total. The fourth-order valence-corrected chi connectivity index (χ4v) is 12.0. The molecule has 354 valence electrons. The summed E-state index contributed by atoms with van der Waals surface area (Å²) in [5.41, 5.74) is 25.1. The third-order valence-corrected chi connectivity index (χ3v) is 15.0. The van der Waals surface area contributed by atoms with E-state index >= 15 is 0 Å². The van der Waals surface area contributed by atoms with Crippen LogP contribution >= 0.6 is 0 Å². The van der Waals surface area contributed by atoms with Crippen LogP contribution in [0.15, 0.2) is 285 Å². The molecule has 0 saturated heterocycles. The molecule has 0 bridgehead atoms. The lowest BCUT2D eigenvalue weighted by molar-refractivity contribution is 1.13. The van der Waals surface area contributed by atoms with E-state index in [-0.39, 0.29) is 0 Å². The van der Waals surface area contributed by atoms with Crippen LogP contribution in [0.4, 0.5) is 28.4 Å². The molecule has 0 radical (unpaired) electrons. The molecule has 0 amide bonds. The van der Waals surface area contributed by atoms with Crippen LogP contribution in [0.5, 0.6) is 0 Å². The highest BCUT2D eigenvalue weighted by molar-refractivity contribution is 6.13. The summed E-state index contributed by atoms with van der Waals surface area (Å²) >= 11 is 0. The Morgan fingerprint density at radius 1 is 0.347 bits per heavy atom. The van der Waals surface area contributed by atoms with Gasteiger partial charge in [0.15, 0.2) is 0 Å². The summed E-state index contributed by atoms with van der Waals surface area (Å²) in [6, 6.07) is 92.8. The summed E-state index contributed by atoms with van der Waals surface area (Å²) in [5, 5.41) is 2.39. The maximum absolute atomic E-state index is 4.48. The van der Waals surface area contributed by atoms with Gasteiger partial charge in [0.25, 0.3) is 0 Å². The van der Waals surface area contributed by atoms with Gasteiger partial charge in [0, 0.05) is 66.9 Å². The summed E-state index contributed by atoms with van der Waals surface area (Å²) < 4.78 is 4.95. The van der Waals surface area contributed by atoms with Gasteiger partial charge in [0.2, 0.25) is 0 Å². The Morgan fingerprint density at radius 3 is 1.29 bits per heavy atom. The number of para-hydroxylation sites is 7. The van der Waals surface area contributed by atoms with E-state index in [1.54, 1.807) is 0 Å². The molecule has 0 aliphatic carbocycles. The van der Waals surface area contributed by atoms with Gasteiger partial charge in [-0.15, -0.1) is 0 Å². The fraction of sp³-hybridized carbons (Fsp3) is 0.0141. The van der Waals surface area contributed by atoms with Crippen LogP contribution in [-0.4, -0.2) is 9.13 Å². The molecule has 0 saturated carbocycles. The Morgan fingerprint density at radius 2 is 0.747 bits per heavy atom. The molecule has 0 fully saturated rings. The summed E-state index contributed by atoms with van der Waals surface area (Å²) in [6.07, 6.45) is 6.39. The Kier molecular flexibility index (Phi) is 10.5. The minimum atomic E-state index is 1.08. The van der Waals surface area contributed by atoms with Crippen molar-refractivity contribution in [3.63, 3.8) is 0 Å². The zero-order valence-corrected chi connectivity index (χ0v) is 41.5. The molecule has 0 unspecified atom stereocenters. The molecule has 0 atom stereocenters. The molecule has 2 aliphatic heterocycles. The van der Waals surface area contributed by atoms with Gasteiger partial charge in [-0.2, -0.15) is 0 Å². The maximum atomic E-state index is 4.48. The van der Waals surface area contributed by atoms with E-state index in [1.165, 1.54) is 44.2 Å². The quantitative estimate of drug-likeness (QED) is 0.151. The second-order valence-corrected chi connectivity index (χ2v) is 19.2. The first-order valence-corrected chi connectivity index (χ1v) is 25.8. The SMILES string of the molecule is C=CC1=C(/C=C\C)N(c2ccccc2)c2ccccc2-c2c1c1ccccc1n2-c1cccc(-c2cccc(-c3cccc(-n4c5c(c6ccccc64)-c4ccccc4N(c4ccccc4)c4ccccc4-5)c3)c2)c1. The molecule has 4 heteroatoms. The molecular weight excluding hydrogens is 909 g/mol. The molecule has 10 aromatic carbocycles. The van der Waals surface area contributed by atoms with Crippen LogP contribution in [0.1, 0.15) is 12.5 Å². The van der Waals surface area contributed by atoms with Gasteiger partial charge in [-0.25, -0.2) is 0 Å². The summed E-state index contributed by atoms with van der Waals surface area (Å²) in [7, 11) is 0. The number of hydrogen-bond donors (Lipinski definition) is 0. The second-order valence-electron chi connectivity index (χ2n) is 19.2. The average molecular weight is 959 g/mol. The second kappa shape index (κ2) is 18.0. The van der Waals surface area contributed by atoms with Gasteiger partial charge in [0.05, 0.1) is 45.2 Å². The zero-order valence-electron chi connectivity index (χ0n) is 41.5. The Balaban J connectivity index is 0.915. The predicted octanol–water partition coefficient (Wildman–Crippen LogP) is 19.3. The van der Waals surface area contributed by atoms with Crippen molar-refractivity contribution < 1.29 is 0 Å². The topological polar surface area (TPSA) is 16.3 Å². The van der Waals surface area contributed by atoms with Crippen LogP contribution in [0.25, 0.3) is 94.6 Å². The molecule has 75 heavy (non-hydrogen) atoms. The number of allylic oxidation sites excluding steroid dienone is 4. The van der Waals surface area contributed by atoms with Crippen molar-refractivity contribution in [3.8, 4) is 67.3 Å². The molecular formula is C71H50N4. The van der Waals surface area contributed by atoms with Crippen LogP contribution in [-0.2, 0) is 0 Å². The summed E-state index contributed by atoms with van der Waals surface area (Å²) in [4.78, 5) is 4.80. The van der Waals surface area contributed by atoms with E-state index in [9.17, 15) is 0 Å². The van der Waals surface area contributed by atoms with E-state index in [1.807, 2.05) is 6.08 Å². The van der Waals surface area contributed by atoms with E-state index in [4.69, 9.17) is 0 Å². The third-order valence-electron chi connectivity index (χ3n) is 15.0. The number of anilines is 5. The molecule has 2 aromatic heterocycles. The Labute approximate surface area is 437 Å². The van der Waals surface area contributed by atoms with Crippen molar-refractivity contribution in [3.05, 3.63) is 291 Å². The molecule has 2 aliphatic rings. The van der Waals surface area contributed by atoms with Gasteiger partial charge in [-0.1, -0.05) is 189 Å². The lowest BCUT2D eigenvalue weighted by Crippen LogP contribution is -2.16. The highest BCUT2D eigenvalue weighted by Crippen LogP contribution is 2.55. The highest BCUT2D eigenvalue weighted by atomic mass is 15.2. The van der Waals surface area contributed by atoms with Crippen LogP contribution in [0.3, 0.4) is 0 Å². The largest absolute Gasteiger partial charge is 0.309 e. The monoisotopic (exact) mass is 958 g/mol. The number of rotatable bonds is 8. The average Bonchev–Trinajstić information content (AvgIpc) is 4.05. The first-order valence-electron chi connectivity index (χ1n) is 25.8. The predicted molar refractivity (Wildman–Crippen MR) is 316 cm³/mol. The number of fused-ring (bicyclic) bond motifs is 12. The van der Waals surface area contributed by atoms with Crippen molar-refractivity contribution in [2.24, 2.45) is 0 Å². The lowest BCUT2D eigenvalue weighted by Gasteiger charge is -2.28. The fourth-order valence-electron chi connectivity index (χ4n) is 12.0. The van der Waals surface area contributed by atoms with Crippen molar-refractivity contribution in [1.82, 2.24) is 9.13 Å². The van der Waals surface area contributed by atoms with Crippen molar-refractivity contribution in [2.45, 2.75) is 6.92 Å². The van der Waals surface area contributed by atoms with Crippen molar-refractivity contribution >= 4 is 55.8 Å². The normalized spacial score (nSPS) is 12.8. The van der Waals surface area contributed by atoms with Gasteiger partial charge < -0.3 is 18.9 Å². The van der Waals surface area contributed by atoms with Gasteiger partial charge >= 0.3 is 0 Å². The van der Waals surface area contributed by atoms with Gasteiger partial charge in [0.1, 0.15) is 0 Å². The number of aromatic nitrogens is 2. The molecule has 14 rings (SSSR count). The minimum absolute atomic E-state index is 1.08. The smallest absolute Gasteiger partial charge is 0.0641 e. The lowest BCUT2D eigenvalue weighted by atomic mass is 9.97. The van der Waals surface area contributed by atoms with Crippen LogP contribution in [0.2, 0.25) is 0 Å². The number of hydrogen-bond acceptors (Lipinski definition) is 2. The zero-order chi connectivity index (χ0) is 50.0. The molecule has 0 spiro atoms. The third kappa shape index (κ3) is 6.99. The van der Waals surface area contributed by atoms with Gasteiger partial charge in [-0.3, -0.25) is 0 Å². The number of nitrogens with zero attached hydrogens (tertiary/aromatic N) is 4. The van der Waals surface area contributed by atoms with E-state index < -0.39 is 0 Å². The van der Waals surface area contributed by atoms with Gasteiger partial charge in [-0.05, 0) is 120 Å². The van der Waals surface area contributed by atoms with E-state index in [0.717, 1.165) is 90.1 Å². The first kappa shape index (κ1) is 43.9. The molecule has 0 N–H and O–H groups in total. The standard InChI is InChI=1S/C71H50N4/c1-3-24-62-56(4-2)68-58-36-12-17-41-64(58)74(70(68)60-38-14-19-43-66(60)72(62)52-29-7-5-8-30-52)54-33-22-27-50(46-54)48-25-21-26-49(45-48)51-28-23-34-55(47-51)75-65-42-18-13-37-59(65)69-57-35-11-16-40-63(57)73(53-31-9-6-10-32-53)67-44-20-15-39-61(67)71(69)75/h3-47H,2H2,1H3/b24-3-. The number of benzene rings is 10. The molecule has 4 heterocycles. The first-order chi connectivity index (χ1) is 37.2. The highest BCUT2D eigenvalue weighted by Gasteiger charge is 2.33. The summed E-state index contributed by atoms with van der Waals surface area (Å²) in [6.45, 7) is 6.57. The van der Waals surface area contributed by atoms with E-state index in [0.29, 0.717) is 0 Å².